The highest BCUT2D eigenvalue weighted by Crippen LogP contribution is 2.32. The standard InChI is InChI=1S/C22H24F4N6O3/c23-18-9-14(1-3-19(18)35-22(24,25)26)2-4-20(33)31-7-5-15-12-32(13-16(15)6-8-31)21(34)27-10-17-11-28-30-29-17/h1-4,9,11,15-16H,5-8,10,12-13H2,(H,27,34)(H,28,29,30)/t15-,16+. The lowest BCUT2D eigenvalue weighted by atomic mass is 9.92. The number of urea groups is 1. The van der Waals surface area contributed by atoms with Crippen molar-refractivity contribution in [2.45, 2.75) is 25.7 Å². The van der Waals surface area contributed by atoms with Gasteiger partial charge in [-0.2, -0.15) is 0 Å². The van der Waals surface area contributed by atoms with Crippen molar-refractivity contribution in [1.29, 1.82) is 0 Å². The fourth-order valence-electron chi connectivity index (χ4n) is 4.42. The summed E-state index contributed by atoms with van der Waals surface area (Å²) in [4.78, 5) is 28.6. The van der Waals surface area contributed by atoms with Gasteiger partial charge in [0.2, 0.25) is 5.91 Å². The minimum Gasteiger partial charge on any atom is -0.403 e. The molecular weight excluding hydrogens is 472 g/mol. The first kappa shape index (κ1) is 24.5. The summed E-state index contributed by atoms with van der Waals surface area (Å²) in [7, 11) is 0. The minimum atomic E-state index is -4.99. The van der Waals surface area contributed by atoms with E-state index in [9.17, 15) is 27.2 Å². The fourth-order valence-corrected chi connectivity index (χ4v) is 4.42. The average Bonchev–Trinajstić information content (AvgIpc) is 3.43. The number of nitrogens with one attached hydrogen (secondary N) is 2. The molecule has 2 aromatic rings. The van der Waals surface area contributed by atoms with Crippen molar-refractivity contribution in [2.75, 3.05) is 26.2 Å². The number of nitrogens with zero attached hydrogens (tertiary/aromatic N) is 4. The summed E-state index contributed by atoms with van der Waals surface area (Å²) in [6.07, 6.45) is 0.688. The van der Waals surface area contributed by atoms with Crippen molar-refractivity contribution in [2.24, 2.45) is 11.8 Å². The zero-order valence-corrected chi connectivity index (χ0v) is 18.6. The Kier molecular flexibility index (Phi) is 7.22. The normalized spacial score (nSPS) is 20.6. The van der Waals surface area contributed by atoms with E-state index in [4.69, 9.17) is 0 Å². The van der Waals surface area contributed by atoms with Gasteiger partial charge >= 0.3 is 12.4 Å². The predicted octanol–water partition coefficient (Wildman–Crippen LogP) is 2.94. The van der Waals surface area contributed by atoms with E-state index in [1.54, 1.807) is 16.0 Å². The van der Waals surface area contributed by atoms with Crippen molar-refractivity contribution >= 4 is 18.0 Å². The molecule has 35 heavy (non-hydrogen) atoms. The molecule has 1 aromatic carbocycles. The third kappa shape index (κ3) is 6.49. The number of carbonyl (C=O) groups excluding carboxylic acids is 2. The molecule has 4 rings (SSSR count). The van der Waals surface area contributed by atoms with Gasteiger partial charge in [0.05, 0.1) is 18.4 Å². The summed E-state index contributed by atoms with van der Waals surface area (Å²) in [5.74, 6) is -1.79. The molecule has 2 saturated heterocycles. The number of aromatic amines is 1. The Hall–Kier alpha value is -3.64. The maximum atomic E-state index is 13.9. The Morgan fingerprint density at radius 2 is 1.89 bits per heavy atom. The van der Waals surface area contributed by atoms with Gasteiger partial charge in [0.25, 0.3) is 0 Å². The molecule has 9 nitrogen and oxygen atoms in total. The van der Waals surface area contributed by atoms with E-state index in [2.05, 4.69) is 25.5 Å². The van der Waals surface area contributed by atoms with Crippen LogP contribution in [-0.4, -0.2) is 69.7 Å². The monoisotopic (exact) mass is 496 g/mol. The Labute approximate surface area is 198 Å². The molecule has 13 heteroatoms. The van der Waals surface area contributed by atoms with Crippen LogP contribution in [0.1, 0.15) is 24.1 Å². The van der Waals surface area contributed by atoms with Crippen LogP contribution >= 0.6 is 0 Å². The number of amides is 3. The lowest BCUT2D eigenvalue weighted by Crippen LogP contribution is -2.39. The van der Waals surface area contributed by atoms with Gasteiger partial charge in [-0.15, -0.1) is 18.3 Å². The van der Waals surface area contributed by atoms with Crippen LogP contribution in [0.15, 0.2) is 30.5 Å². The SMILES string of the molecule is O=C(C=Cc1ccc(OC(F)(F)F)c(F)c1)N1CC[C@@H]2CN(C(=O)NCc3cnn[nH]3)C[C@@H]2CC1. The Balaban J connectivity index is 1.26. The fraction of sp³-hybridized carbons (Fsp3) is 0.455. The van der Waals surface area contributed by atoms with Crippen LogP contribution in [0, 0.1) is 17.7 Å². The van der Waals surface area contributed by atoms with Crippen LogP contribution in [0.2, 0.25) is 0 Å². The number of H-pyrrole nitrogens is 1. The lowest BCUT2D eigenvalue weighted by molar-refractivity contribution is -0.275. The van der Waals surface area contributed by atoms with Crippen molar-refractivity contribution < 1.29 is 31.9 Å². The molecule has 0 spiro atoms. The molecule has 0 unspecified atom stereocenters. The number of fused-ring (bicyclic) bond motifs is 1. The molecule has 1 aromatic heterocycles. The maximum absolute atomic E-state index is 13.9. The first-order chi connectivity index (χ1) is 16.7. The summed E-state index contributed by atoms with van der Waals surface area (Å²) in [6, 6.07) is 2.83. The summed E-state index contributed by atoms with van der Waals surface area (Å²) in [6.45, 7) is 2.58. The van der Waals surface area contributed by atoms with Crippen molar-refractivity contribution in [3.8, 4) is 5.75 Å². The van der Waals surface area contributed by atoms with Crippen molar-refractivity contribution in [1.82, 2.24) is 30.5 Å². The lowest BCUT2D eigenvalue weighted by Gasteiger charge is -2.21. The summed E-state index contributed by atoms with van der Waals surface area (Å²) >= 11 is 0. The van der Waals surface area contributed by atoms with Crippen LogP contribution in [0.25, 0.3) is 6.08 Å². The maximum Gasteiger partial charge on any atom is 0.573 e. The van der Waals surface area contributed by atoms with Gasteiger partial charge < -0.3 is 19.9 Å². The largest absolute Gasteiger partial charge is 0.573 e. The molecule has 188 valence electrons. The van der Waals surface area contributed by atoms with Crippen LogP contribution in [0.3, 0.4) is 0 Å². The molecule has 0 aliphatic carbocycles. The van der Waals surface area contributed by atoms with Crippen LogP contribution < -0.4 is 10.1 Å². The van der Waals surface area contributed by atoms with E-state index in [0.717, 1.165) is 25.0 Å². The quantitative estimate of drug-likeness (QED) is 0.490. The number of likely N-dealkylation sites (tertiary alicyclic amines) is 2. The van der Waals surface area contributed by atoms with E-state index >= 15 is 0 Å². The van der Waals surface area contributed by atoms with Gasteiger partial charge in [0.1, 0.15) is 0 Å². The number of rotatable bonds is 5. The van der Waals surface area contributed by atoms with Gasteiger partial charge in [0.15, 0.2) is 11.6 Å². The first-order valence-electron chi connectivity index (χ1n) is 11.1. The van der Waals surface area contributed by atoms with Gasteiger partial charge in [-0.1, -0.05) is 11.3 Å². The second-order valence-electron chi connectivity index (χ2n) is 8.54. The third-order valence-corrected chi connectivity index (χ3v) is 6.21. The van der Waals surface area contributed by atoms with Crippen LogP contribution in [0.5, 0.6) is 5.75 Å². The van der Waals surface area contributed by atoms with Crippen molar-refractivity contribution in [3.05, 3.63) is 47.5 Å². The number of aromatic nitrogens is 3. The van der Waals surface area contributed by atoms with E-state index < -0.39 is 17.9 Å². The molecule has 2 fully saturated rings. The summed E-state index contributed by atoms with van der Waals surface area (Å²) in [5, 5.41) is 12.8. The molecule has 3 amide bonds. The third-order valence-electron chi connectivity index (χ3n) is 6.21. The van der Waals surface area contributed by atoms with Crippen LogP contribution in [0.4, 0.5) is 22.4 Å². The van der Waals surface area contributed by atoms with E-state index in [-0.39, 0.29) is 29.3 Å². The Morgan fingerprint density at radius 3 is 2.49 bits per heavy atom. The number of halogens is 4. The highest BCUT2D eigenvalue weighted by Gasteiger charge is 2.37. The summed E-state index contributed by atoms with van der Waals surface area (Å²) < 4.78 is 54.3. The van der Waals surface area contributed by atoms with Gasteiger partial charge in [-0.3, -0.25) is 9.89 Å². The number of hydrogen-bond donors (Lipinski definition) is 2. The zero-order valence-electron chi connectivity index (χ0n) is 18.6. The number of carbonyl (C=O) groups is 2. The Bertz CT molecular complexity index is 1060. The molecule has 0 saturated carbocycles. The highest BCUT2D eigenvalue weighted by molar-refractivity contribution is 5.91. The number of alkyl halides is 3. The second-order valence-corrected chi connectivity index (χ2v) is 8.54. The first-order valence-corrected chi connectivity index (χ1v) is 11.1. The van der Waals surface area contributed by atoms with Crippen molar-refractivity contribution in [3.63, 3.8) is 0 Å². The zero-order chi connectivity index (χ0) is 25.0. The number of benzene rings is 1. The van der Waals surface area contributed by atoms with E-state index in [1.165, 1.54) is 18.2 Å². The molecule has 2 N–H and O–H groups in total. The van der Waals surface area contributed by atoms with Gasteiger partial charge in [0, 0.05) is 32.3 Å². The van der Waals surface area contributed by atoms with E-state index in [0.29, 0.717) is 38.4 Å². The Morgan fingerprint density at radius 1 is 1.17 bits per heavy atom. The van der Waals surface area contributed by atoms with Crippen LogP contribution in [-0.2, 0) is 11.3 Å². The molecule has 0 radical (unpaired) electrons. The molecule has 2 atom stereocenters. The second kappa shape index (κ2) is 10.3. The minimum absolute atomic E-state index is 0.151. The van der Waals surface area contributed by atoms with E-state index in [1.807, 2.05) is 0 Å². The molecule has 2 aliphatic rings. The topological polar surface area (TPSA) is 103 Å². The van der Waals surface area contributed by atoms with Gasteiger partial charge in [-0.25, -0.2) is 9.18 Å². The predicted molar refractivity (Wildman–Crippen MR) is 115 cm³/mol. The molecule has 3 heterocycles. The highest BCUT2D eigenvalue weighted by atomic mass is 19.4. The molecular formula is C22H24F4N6O3. The van der Waals surface area contributed by atoms with Gasteiger partial charge in [-0.05, 0) is 48.4 Å². The average molecular weight is 496 g/mol. The summed E-state index contributed by atoms with van der Waals surface area (Å²) in [5.41, 5.74) is 0.951. The number of ether oxygens (including phenoxy) is 1. The molecule has 0 bridgehead atoms. The molecule has 2 aliphatic heterocycles. The smallest absolute Gasteiger partial charge is 0.403 e. The number of hydrogen-bond acceptors (Lipinski definition) is 5.